The van der Waals surface area contributed by atoms with Gasteiger partial charge in [0.2, 0.25) is 0 Å². The van der Waals surface area contributed by atoms with Gasteiger partial charge in [0.25, 0.3) is 0 Å². The van der Waals surface area contributed by atoms with E-state index in [0.717, 1.165) is 24.8 Å². The molecule has 2 unspecified atom stereocenters. The first-order valence-electron chi connectivity index (χ1n) is 7.82. The maximum atomic E-state index is 5.60. The van der Waals surface area contributed by atoms with Crippen LogP contribution >= 0.6 is 0 Å². The summed E-state index contributed by atoms with van der Waals surface area (Å²) < 4.78 is 8.09. The molecular formula is C17H24N2O. The molecule has 0 N–H and O–H groups in total. The number of ether oxygens (including phenoxy) is 1. The second-order valence-electron chi connectivity index (χ2n) is 5.81. The average Bonchev–Trinajstić information content (AvgIpc) is 2.85. The number of methoxy groups -OCH3 is 1. The molecule has 1 aliphatic carbocycles. The summed E-state index contributed by atoms with van der Waals surface area (Å²) in [7, 11) is 1.84. The van der Waals surface area contributed by atoms with Gasteiger partial charge in [0, 0.05) is 19.6 Å². The summed E-state index contributed by atoms with van der Waals surface area (Å²) >= 11 is 0. The third kappa shape index (κ3) is 2.47. The van der Waals surface area contributed by atoms with Crippen molar-refractivity contribution in [2.75, 3.05) is 7.11 Å². The van der Waals surface area contributed by atoms with Gasteiger partial charge in [-0.2, -0.15) is 0 Å². The molecule has 0 aliphatic heterocycles. The topological polar surface area (TPSA) is 27.1 Å². The molecule has 20 heavy (non-hydrogen) atoms. The minimum atomic E-state index is 0.407. The Bertz CT molecular complexity index is 575. The molecule has 0 saturated heterocycles. The minimum Gasteiger partial charge on any atom is -0.381 e. The Kier molecular flexibility index (Phi) is 4.06. The molecule has 2 aromatic rings. The Labute approximate surface area is 121 Å². The first-order chi connectivity index (χ1) is 9.83. The van der Waals surface area contributed by atoms with Crippen molar-refractivity contribution in [2.24, 2.45) is 0 Å². The van der Waals surface area contributed by atoms with E-state index >= 15 is 0 Å². The van der Waals surface area contributed by atoms with E-state index in [0.29, 0.717) is 12.1 Å². The van der Waals surface area contributed by atoms with Crippen LogP contribution in [0.5, 0.6) is 0 Å². The molecule has 3 heteroatoms. The van der Waals surface area contributed by atoms with Gasteiger partial charge in [0.1, 0.15) is 5.82 Å². The Balaban J connectivity index is 2.01. The first-order valence-corrected chi connectivity index (χ1v) is 7.82. The fourth-order valence-corrected chi connectivity index (χ4v) is 3.47. The van der Waals surface area contributed by atoms with Gasteiger partial charge in [-0.25, -0.2) is 4.98 Å². The minimum absolute atomic E-state index is 0.407. The van der Waals surface area contributed by atoms with Gasteiger partial charge >= 0.3 is 0 Å². The molecule has 1 fully saturated rings. The summed E-state index contributed by atoms with van der Waals surface area (Å²) in [6.07, 6.45) is 7.42. The number of hydrogen-bond acceptors (Lipinski definition) is 2. The zero-order chi connectivity index (χ0) is 13.9. The fourth-order valence-electron chi connectivity index (χ4n) is 3.47. The van der Waals surface area contributed by atoms with E-state index in [4.69, 9.17) is 9.72 Å². The molecule has 108 valence electrons. The van der Waals surface area contributed by atoms with Crippen LogP contribution in [0.1, 0.15) is 50.9 Å². The first kappa shape index (κ1) is 13.6. The molecule has 1 aliphatic rings. The second kappa shape index (κ2) is 5.96. The van der Waals surface area contributed by atoms with Crippen molar-refractivity contribution in [3.05, 3.63) is 30.1 Å². The van der Waals surface area contributed by atoms with Crippen molar-refractivity contribution in [1.29, 1.82) is 0 Å². The molecule has 1 aromatic carbocycles. The van der Waals surface area contributed by atoms with Crippen LogP contribution < -0.4 is 0 Å². The van der Waals surface area contributed by atoms with Crippen LogP contribution in [0.3, 0.4) is 0 Å². The molecule has 0 amide bonds. The Morgan fingerprint density at radius 3 is 2.95 bits per heavy atom. The van der Waals surface area contributed by atoms with Gasteiger partial charge < -0.3 is 9.30 Å². The predicted molar refractivity (Wildman–Crippen MR) is 82.0 cm³/mol. The standard InChI is InChI=1S/C17H24N2O/c1-3-7-17-18-15-10-4-5-11-16(15)19(17)13-8-6-9-14(12-13)20-2/h4-5,10-11,13-14H,3,6-9,12H2,1-2H3. The highest BCUT2D eigenvalue weighted by molar-refractivity contribution is 5.76. The van der Waals surface area contributed by atoms with Crippen molar-refractivity contribution in [3.63, 3.8) is 0 Å². The van der Waals surface area contributed by atoms with Crippen molar-refractivity contribution in [2.45, 2.75) is 57.6 Å². The summed E-state index contributed by atoms with van der Waals surface area (Å²) in [6.45, 7) is 2.22. The zero-order valence-corrected chi connectivity index (χ0v) is 12.5. The van der Waals surface area contributed by atoms with Crippen LogP contribution in [-0.2, 0) is 11.2 Å². The Morgan fingerprint density at radius 2 is 2.15 bits per heavy atom. The second-order valence-corrected chi connectivity index (χ2v) is 5.81. The van der Waals surface area contributed by atoms with Crippen molar-refractivity contribution in [3.8, 4) is 0 Å². The lowest BCUT2D eigenvalue weighted by Gasteiger charge is -2.30. The lowest BCUT2D eigenvalue weighted by atomic mass is 9.92. The summed E-state index contributed by atoms with van der Waals surface area (Å²) in [5, 5.41) is 0. The highest BCUT2D eigenvalue weighted by atomic mass is 16.5. The number of aryl methyl sites for hydroxylation is 1. The third-order valence-corrected chi connectivity index (χ3v) is 4.44. The van der Waals surface area contributed by atoms with Crippen LogP contribution in [0.4, 0.5) is 0 Å². The van der Waals surface area contributed by atoms with E-state index in [1.54, 1.807) is 0 Å². The van der Waals surface area contributed by atoms with Crippen LogP contribution in [0.2, 0.25) is 0 Å². The number of fused-ring (bicyclic) bond motifs is 1. The lowest BCUT2D eigenvalue weighted by molar-refractivity contribution is 0.0532. The van der Waals surface area contributed by atoms with Gasteiger partial charge in [0.15, 0.2) is 0 Å². The number of aromatic nitrogens is 2. The number of hydrogen-bond donors (Lipinski definition) is 0. The van der Waals surface area contributed by atoms with Gasteiger partial charge in [-0.15, -0.1) is 0 Å². The number of para-hydroxylation sites is 2. The summed E-state index contributed by atoms with van der Waals surface area (Å²) in [5.41, 5.74) is 2.42. The van der Waals surface area contributed by atoms with E-state index in [1.807, 2.05) is 7.11 Å². The van der Waals surface area contributed by atoms with Gasteiger partial charge in [0.05, 0.1) is 17.1 Å². The lowest BCUT2D eigenvalue weighted by Crippen LogP contribution is -2.25. The van der Waals surface area contributed by atoms with Gasteiger partial charge in [-0.1, -0.05) is 19.1 Å². The molecule has 3 nitrogen and oxygen atoms in total. The maximum absolute atomic E-state index is 5.60. The maximum Gasteiger partial charge on any atom is 0.110 e. The Morgan fingerprint density at radius 1 is 1.30 bits per heavy atom. The molecular weight excluding hydrogens is 248 g/mol. The number of nitrogens with zero attached hydrogens (tertiary/aromatic N) is 2. The SMILES string of the molecule is CCCc1nc2ccccc2n1C1CCCC(OC)C1. The predicted octanol–water partition coefficient (Wildman–Crippen LogP) is 4.12. The molecule has 1 aromatic heterocycles. The molecule has 1 heterocycles. The number of benzene rings is 1. The number of rotatable bonds is 4. The van der Waals surface area contributed by atoms with Crippen molar-refractivity contribution >= 4 is 11.0 Å². The smallest absolute Gasteiger partial charge is 0.110 e. The summed E-state index contributed by atoms with van der Waals surface area (Å²) in [4.78, 5) is 4.85. The van der Waals surface area contributed by atoms with Crippen LogP contribution in [0, 0.1) is 0 Å². The van der Waals surface area contributed by atoms with E-state index < -0.39 is 0 Å². The van der Waals surface area contributed by atoms with E-state index in [9.17, 15) is 0 Å². The highest BCUT2D eigenvalue weighted by Crippen LogP contribution is 2.34. The van der Waals surface area contributed by atoms with Crippen molar-refractivity contribution < 1.29 is 4.74 Å². The molecule has 3 rings (SSSR count). The third-order valence-electron chi connectivity index (χ3n) is 4.44. The van der Waals surface area contributed by atoms with Gasteiger partial charge in [-0.05, 0) is 44.2 Å². The molecule has 0 spiro atoms. The average molecular weight is 272 g/mol. The molecule has 2 atom stereocenters. The molecule has 0 radical (unpaired) electrons. The number of imidazole rings is 1. The largest absolute Gasteiger partial charge is 0.381 e. The highest BCUT2D eigenvalue weighted by Gasteiger charge is 2.26. The van der Waals surface area contributed by atoms with E-state index in [2.05, 4.69) is 35.8 Å². The van der Waals surface area contributed by atoms with Crippen molar-refractivity contribution in [1.82, 2.24) is 9.55 Å². The fraction of sp³-hybridized carbons (Fsp3) is 0.588. The normalized spacial score (nSPS) is 23.3. The van der Waals surface area contributed by atoms with E-state index in [1.165, 1.54) is 30.6 Å². The van der Waals surface area contributed by atoms with E-state index in [-0.39, 0.29) is 0 Å². The van der Waals surface area contributed by atoms with Gasteiger partial charge in [-0.3, -0.25) is 0 Å². The summed E-state index contributed by atoms with van der Waals surface area (Å²) in [6, 6.07) is 9.07. The molecule has 1 saturated carbocycles. The van der Waals surface area contributed by atoms with Crippen LogP contribution in [-0.4, -0.2) is 22.8 Å². The summed E-state index contributed by atoms with van der Waals surface area (Å²) in [5.74, 6) is 1.25. The Hall–Kier alpha value is -1.35. The quantitative estimate of drug-likeness (QED) is 0.837. The zero-order valence-electron chi connectivity index (χ0n) is 12.5. The monoisotopic (exact) mass is 272 g/mol. The van der Waals surface area contributed by atoms with Crippen LogP contribution in [0.15, 0.2) is 24.3 Å². The van der Waals surface area contributed by atoms with Crippen LogP contribution in [0.25, 0.3) is 11.0 Å². The molecule has 0 bridgehead atoms.